The highest BCUT2D eigenvalue weighted by atomic mass is 32.1. The van der Waals surface area contributed by atoms with Crippen molar-refractivity contribution in [3.8, 4) is 0 Å². The van der Waals surface area contributed by atoms with Gasteiger partial charge in [-0.3, -0.25) is 4.79 Å². The van der Waals surface area contributed by atoms with Crippen LogP contribution in [-0.2, 0) is 12.8 Å². The van der Waals surface area contributed by atoms with Crippen LogP contribution in [0.5, 0.6) is 0 Å². The first-order chi connectivity index (χ1) is 14.1. The molecule has 0 aromatic carbocycles. The second-order valence-corrected chi connectivity index (χ2v) is 10.8. The lowest BCUT2D eigenvalue weighted by atomic mass is 9.72. The SMILES string of the molecule is Cc1nc2sc3c(c2c2nc(C(=O)NCCCN(C)C)nn12)CC[C@H](C(C)(C)C)C3. The number of carbonyl (C=O) groups is 1. The summed E-state index contributed by atoms with van der Waals surface area (Å²) in [5, 5.41) is 8.51. The molecule has 3 heterocycles. The van der Waals surface area contributed by atoms with Crippen molar-refractivity contribution in [2.75, 3.05) is 27.2 Å². The van der Waals surface area contributed by atoms with E-state index < -0.39 is 0 Å². The van der Waals surface area contributed by atoms with Crippen molar-refractivity contribution in [1.82, 2.24) is 29.8 Å². The lowest BCUT2D eigenvalue weighted by Gasteiger charge is -2.33. The molecule has 3 aromatic heterocycles. The average Bonchev–Trinajstić information content (AvgIpc) is 3.25. The van der Waals surface area contributed by atoms with Crippen molar-refractivity contribution in [2.24, 2.45) is 11.3 Å². The molecule has 0 aliphatic heterocycles. The molecule has 162 valence electrons. The van der Waals surface area contributed by atoms with Crippen molar-refractivity contribution in [2.45, 2.75) is 53.4 Å². The molecule has 0 unspecified atom stereocenters. The fourth-order valence-corrected chi connectivity index (χ4v) is 5.63. The first-order valence-corrected chi connectivity index (χ1v) is 11.6. The van der Waals surface area contributed by atoms with Crippen LogP contribution in [0.25, 0.3) is 15.9 Å². The van der Waals surface area contributed by atoms with Gasteiger partial charge in [0.25, 0.3) is 5.91 Å². The minimum atomic E-state index is -0.220. The van der Waals surface area contributed by atoms with Crippen LogP contribution in [0.15, 0.2) is 0 Å². The predicted molar refractivity (Wildman–Crippen MR) is 121 cm³/mol. The Labute approximate surface area is 181 Å². The van der Waals surface area contributed by atoms with E-state index in [0.29, 0.717) is 17.9 Å². The number of aryl methyl sites for hydroxylation is 2. The number of amides is 1. The minimum absolute atomic E-state index is 0.220. The van der Waals surface area contributed by atoms with Gasteiger partial charge in [0.2, 0.25) is 5.82 Å². The summed E-state index contributed by atoms with van der Waals surface area (Å²) in [6.45, 7) is 10.5. The van der Waals surface area contributed by atoms with Crippen LogP contribution in [0.4, 0.5) is 0 Å². The van der Waals surface area contributed by atoms with Gasteiger partial charge in [0, 0.05) is 11.4 Å². The topological polar surface area (TPSA) is 75.4 Å². The molecule has 1 atom stereocenters. The largest absolute Gasteiger partial charge is 0.349 e. The molecule has 7 nitrogen and oxygen atoms in total. The number of rotatable bonds is 5. The van der Waals surface area contributed by atoms with Gasteiger partial charge in [-0.1, -0.05) is 20.8 Å². The molecular weight excluding hydrogens is 396 g/mol. The first kappa shape index (κ1) is 21.2. The van der Waals surface area contributed by atoms with Crippen molar-refractivity contribution in [3.63, 3.8) is 0 Å². The summed E-state index contributed by atoms with van der Waals surface area (Å²) < 4.78 is 1.74. The van der Waals surface area contributed by atoms with Crippen LogP contribution in [0.1, 0.15) is 60.5 Å². The average molecular weight is 429 g/mol. The van der Waals surface area contributed by atoms with Gasteiger partial charge in [-0.05, 0) is 70.1 Å². The molecule has 30 heavy (non-hydrogen) atoms. The zero-order valence-corrected chi connectivity index (χ0v) is 19.7. The van der Waals surface area contributed by atoms with E-state index in [1.54, 1.807) is 15.9 Å². The summed E-state index contributed by atoms with van der Waals surface area (Å²) in [7, 11) is 4.05. The smallest absolute Gasteiger partial charge is 0.290 e. The van der Waals surface area contributed by atoms with E-state index in [9.17, 15) is 4.79 Å². The maximum absolute atomic E-state index is 12.6. The molecule has 0 spiro atoms. The quantitative estimate of drug-likeness (QED) is 0.630. The Balaban J connectivity index is 1.67. The maximum Gasteiger partial charge on any atom is 0.290 e. The van der Waals surface area contributed by atoms with Crippen LogP contribution >= 0.6 is 11.3 Å². The molecule has 1 amide bonds. The monoisotopic (exact) mass is 428 g/mol. The Bertz CT molecular complexity index is 1090. The van der Waals surface area contributed by atoms with Gasteiger partial charge in [0.05, 0.1) is 5.39 Å². The highest BCUT2D eigenvalue weighted by Gasteiger charge is 2.32. The number of carbonyl (C=O) groups excluding carboxylic acids is 1. The number of hydrogen-bond acceptors (Lipinski definition) is 6. The van der Waals surface area contributed by atoms with Crippen molar-refractivity contribution < 1.29 is 4.79 Å². The second kappa shape index (κ2) is 7.89. The number of hydrogen-bond donors (Lipinski definition) is 1. The fourth-order valence-electron chi connectivity index (χ4n) is 4.29. The van der Waals surface area contributed by atoms with E-state index >= 15 is 0 Å². The summed E-state index contributed by atoms with van der Waals surface area (Å²) in [4.78, 5) is 26.6. The molecule has 0 radical (unpaired) electrons. The zero-order valence-electron chi connectivity index (χ0n) is 18.9. The van der Waals surface area contributed by atoms with Gasteiger partial charge >= 0.3 is 0 Å². The predicted octanol–water partition coefficient (Wildman–Crippen LogP) is 3.48. The van der Waals surface area contributed by atoms with Gasteiger partial charge < -0.3 is 10.2 Å². The molecule has 0 saturated heterocycles. The van der Waals surface area contributed by atoms with Crippen molar-refractivity contribution in [1.29, 1.82) is 0 Å². The zero-order chi connectivity index (χ0) is 21.6. The van der Waals surface area contributed by atoms with Crippen LogP contribution in [-0.4, -0.2) is 57.6 Å². The van der Waals surface area contributed by atoms with Crippen LogP contribution in [0.3, 0.4) is 0 Å². The summed E-state index contributed by atoms with van der Waals surface area (Å²) >= 11 is 1.79. The summed E-state index contributed by atoms with van der Waals surface area (Å²) in [6, 6.07) is 0. The third-order valence-corrected chi connectivity index (χ3v) is 7.29. The Morgan fingerprint density at radius 3 is 2.77 bits per heavy atom. The fraction of sp³-hybridized carbons (Fsp3) is 0.636. The van der Waals surface area contributed by atoms with E-state index in [1.807, 2.05) is 21.0 Å². The third-order valence-electron chi connectivity index (χ3n) is 6.14. The lowest BCUT2D eigenvalue weighted by Crippen LogP contribution is -2.28. The third kappa shape index (κ3) is 3.95. The molecule has 0 fully saturated rings. The minimum Gasteiger partial charge on any atom is -0.349 e. The van der Waals surface area contributed by atoms with E-state index in [1.165, 1.54) is 16.9 Å². The Hall–Kier alpha value is -2.06. The van der Waals surface area contributed by atoms with Gasteiger partial charge in [-0.25, -0.2) is 9.97 Å². The van der Waals surface area contributed by atoms with Crippen LogP contribution in [0.2, 0.25) is 0 Å². The van der Waals surface area contributed by atoms with Gasteiger partial charge in [-0.2, -0.15) is 4.52 Å². The van der Waals surface area contributed by atoms with Crippen molar-refractivity contribution >= 4 is 33.1 Å². The Kier molecular flexibility index (Phi) is 5.57. The van der Waals surface area contributed by atoms with E-state index in [-0.39, 0.29) is 11.7 Å². The van der Waals surface area contributed by atoms with E-state index in [0.717, 1.165) is 47.5 Å². The molecule has 8 heteroatoms. The van der Waals surface area contributed by atoms with Crippen LogP contribution < -0.4 is 5.32 Å². The maximum atomic E-state index is 12.6. The summed E-state index contributed by atoms with van der Waals surface area (Å²) in [6.07, 6.45) is 4.20. The molecule has 1 N–H and O–H groups in total. The van der Waals surface area contributed by atoms with E-state index in [2.05, 4.69) is 41.1 Å². The number of nitrogens with one attached hydrogen (secondary N) is 1. The normalized spacial score (nSPS) is 17.1. The highest BCUT2D eigenvalue weighted by Crippen LogP contribution is 2.43. The van der Waals surface area contributed by atoms with Gasteiger partial charge in [0.1, 0.15) is 10.7 Å². The second-order valence-electron chi connectivity index (χ2n) is 9.73. The lowest BCUT2D eigenvalue weighted by molar-refractivity contribution is 0.0942. The Morgan fingerprint density at radius 2 is 2.07 bits per heavy atom. The first-order valence-electron chi connectivity index (χ1n) is 10.8. The molecule has 4 rings (SSSR count). The van der Waals surface area contributed by atoms with Crippen molar-refractivity contribution in [3.05, 3.63) is 22.1 Å². The molecule has 0 bridgehead atoms. The van der Waals surface area contributed by atoms with Gasteiger partial charge in [0.15, 0.2) is 5.65 Å². The molecule has 1 aliphatic carbocycles. The Morgan fingerprint density at radius 1 is 1.30 bits per heavy atom. The summed E-state index contributed by atoms with van der Waals surface area (Å²) in [5.41, 5.74) is 2.43. The molecule has 1 aliphatic rings. The number of aromatic nitrogens is 4. The molecule has 3 aromatic rings. The number of fused-ring (bicyclic) bond motifs is 5. The number of thiophene rings is 1. The number of nitrogens with zero attached hydrogens (tertiary/aromatic N) is 5. The van der Waals surface area contributed by atoms with Gasteiger partial charge in [-0.15, -0.1) is 16.4 Å². The molecular formula is C22H32N6OS. The molecule has 0 saturated carbocycles. The highest BCUT2D eigenvalue weighted by molar-refractivity contribution is 7.19. The standard InChI is InChI=1S/C22H32N6OS/c1-13-24-21-17(15-9-8-14(22(2,3)4)12-16(15)30-21)19-25-18(26-28(13)19)20(29)23-10-7-11-27(5)6/h14H,7-12H2,1-6H3,(H,23,29)/t14-/m0/s1. The summed E-state index contributed by atoms with van der Waals surface area (Å²) in [5.74, 6) is 1.45. The van der Waals surface area contributed by atoms with Crippen LogP contribution in [0, 0.1) is 18.3 Å². The van der Waals surface area contributed by atoms with E-state index in [4.69, 9.17) is 4.98 Å².